The first-order valence-corrected chi connectivity index (χ1v) is 9.30. The molecule has 1 saturated heterocycles. The largest absolute Gasteiger partial charge is 0.489 e. The highest BCUT2D eigenvalue weighted by Crippen LogP contribution is 2.25. The number of carbonyl (C=O) groups is 1. The molecule has 2 aliphatic heterocycles. The Labute approximate surface area is 154 Å². The quantitative estimate of drug-likeness (QED) is 0.899. The lowest BCUT2D eigenvalue weighted by Gasteiger charge is -2.18. The Morgan fingerprint density at radius 2 is 1.88 bits per heavy atom. The van der Waals surface area contributed by atoms with Gasteiger partial charge in [0.2, 0.25) is 0 Å². The van der Waals surface area contributed by atoms with Crippen molar-refractivity contribution in [1.29, 1.82) is 0 Å². The van der Waals surface area contributed by atoms with E-state index in [9.17, 15) is 4.79 Å². The maximum atomic E-state index is 12.5. The number of hydrogen-bond donors (Lipinski definition) is 1. The first-order valence-electron chi connectivity index (χ1n) is 9.30. The number of nitrogens with one attached hydrogen (secondary N) is 1. The van der Waals surface area contributed by atoms with Crippen LogP contribution in [0.1, 0.15) is 34.3 Å². The highest BCUT2D eigenvalue weighted by atomic mass is 16.5. The molecule has 1 amide bonds. The van der Waals surface area contributed by atoms with Gasteiger partial charge in [0.05, 0.1) is 0 Å². The Balaban J connectivity index is 1.35. The zero-order valence-corrected chi connectivity index (χ0v) is 14.9. The van der Waals surface area contributed by atoms with Crippen molar-refractivity contribution in [2.24, 2.45) is 0 Å². The third-order valence-electron chi connectivity index (χ3n) is 4.94. The minimum absolute atomic E-state index is 0.157. The van der Waals surface area contributed by atoms with Gasteiger partial charge in [0, 0.05) is 37.3 Å². The first-order chi connectivity index (χ1) is 12.8. The summed E-state index contributed by atoms with van der Waals surface area (Å²) in [4.78, 5) is 14.5. The fourth-order valence-corrected chi connectivity index (χ4v) is 3.55. The molecule has 2 heterocycles. The molecule has 26 heavy (non-hydrogen) atoms. The van der Waals surface area contributed by atoms with Crippen LogP contribution in [0.5, 0.6) is 5.75 Å². The molecule has 0 unspecified atom stereocenters. The predicted molar refractivity (Wildman–Crippen MR) is 103 cm³/mol. The van der Waals surface area contributed by atoms with E-state index in [0.29, 0.717) is 6.61 Å². The minimum Gasteiger partial charge on any atom is -0.489 e. The van der Waals surface area contributed by atoms with Crippen molar-refractivity contribution in [3.8, 4) is 5.75 Å². The molecule has 0 atom stereocenters. The van der Waals surface area contributed by atoms with Crippen LogP contribution in [0.25, 0.3) is 6.08 Å². The van der Waals surface area contributed by atoms with Gasteiger partial charge in [-0.3, -0.25) is 4.79 Å². The number of rotatable bonds is 5. The summed E-state index contributed by atoms with van der Waals surface area (Å²) in [5.41, 5.74) is 4.29. The van der Waals surface area contributed by atoms with E-state index >= 15 is 0 Å². The third kappa shape index (κ3) is 3.81. The summed E-state index contributed by atoms with van der Waals surface area (Å²) >= 11 is 0. The van der Waals surface area contributed by atoms with Crippen molar-refractivity contribution in [2.45, 2.75) is 19.4 Å². The molecule has 0 spiro atoms. The number of hydrogen-bond acceptors (Lipinski definition) is 3. The minimum atomic E-state index is 0.157. The van der Waals surface area contributed by atoms with Crippen molar-refractivity contribution in [2.75, 3.05) is 26.2 Å². The van der Waals surface area contributed by atoms with Gasteiger partial charge in [0.1, 0.15) is 12.4 Å². The molecule has 0 bridgehead atoms. The molecule has 134 valence electrons. The lowest BCUT2D eigenvalue weighted by atomic mass is 10.1. The average Bonchev–Trinajstić information content (AvgIpc) is 3.22. The van der Waals surface area contributed by atoms with Gasteiger partial charge in [0.25, 0.3) is 5.91 Å². The zero-order valence-electron chi connectivity index (χ0n) is 14.9. The fourth-order valence-electron chi connectivity index (χ4n) is 3.55. The Hall–Kier alpha value is -2.59. The number of carbonyl (C=O) groups excluding carboxylic acids is 1. The summed E-state index contributed by atoms with van der Waals surface area (Å²) in [7, 11) is 0. The van der Waals surface area contributed by atoms with Gasteiger partial charge in [-0.05, 0) is 48.3 Å². The van der Waals surface area contributed by atoms with Crippen molar-refractivity contribution in [3.63, 3.8) is 0 Å². The van der Waals surface area contributed by atoms with Gasteiger partial charge in [-0.15, -0.1) is 0 Å². The van der Waals surface area contributed by atoms with Crippen LogP contribution in [0.4, 0.5) is 0 Å². The maximum Gasteiger partial charge on any atom is 0.253 e. The number of likely N-dealkylation sites (tertiary alicyclic amines) is 1. The lowest BCUT2D eigenvalue weighted by molar-refractivity contribution is 0.0792. The number of benzene rings is 2. The van der Waals surface area contributed by atoms with Crippen LogP contribution in [0.15, 0.2) is 54.1 Å². The molecular formula is C22H24N2O2. The van der Waals surface area contributed by atoms with Gasteiger partial charge in [-0.2, -0.15) is 0 Å². The standard InChI is InChI=1S/C22H24N2O2/c25-22(24-10-3-4-11-24)20-8-5-6-17(12-20)14-23-15-18-13-19-7-1-2-9-21(19)26-16-18/h1-2,5-9,12-13,23H,3-4,10-11,14-16H2. The molecule has 2 aromatic rings. The van der Waals surface area contributed by atoms with Crippen LogP contribution in [0.3, 0.4) is 0 Å². The van der Waals surface area contributed by atoms with E-state index in [2.05, 4.69) is 23.5 Å². The van der Waals surface area contributed by atoms with E-state index in [0.717, 1.165) is 61.5 Å². The van der Waals surface area contributed by atoms with Crippen molar-refractivity contribution < 1.29 is 9.53 Å². The van der Waals surface area contributed by atoms with Crippen LogP contribution in [0, 0.1) is 0 Å². The molecule has 2 aliphatic rings. The number of fused-ring (bicyclic) bond motifs is 1. The molecule has 4 nitrogen and oxygen atoms in total. The highest BCUT2D eigenvalue weighted by molar-refractivity contribution is 5.94. The van der Waals surface area contributed by atoms with Gasteiger partial charge in [0.15, 0.2) is 0 Å². The second-order valence-electron chi connectivity index (χ2n) is 6.93. The molecule has 0 aliphatic carbocycles. The smallest absolute Gasteiger partial charge is 0.253 e. The Kier molecular flexibility index (Phi) is 5.02. The molecule has 2 aromatic carbocycles. The molecular weight excluding hydrogens is 324 g/mol. The lowest BCUT2D eigenvalue weighted by Crippen LogP contribution is -2.27. The van der Waals surface area contributed by atoms with Crippen molar-refractivity contribution in [1.82, 2.24) is 10.2 Å². The summed E-state index contributed by atoms with van der Waals surface area (Å²) in [6.45, 7) is 3.91. The highest BCUT2D eigenvalue weighted by Gasteiger charge is 2.19. The maximum absolute atomic E-state index is 12.5. The van der Waals surface area contributed by atoms with Gasteiger partial charge >= 0.3 is 0 Å². The second-order valence-corrected chi connectivity index (χ2v) is 6.93. The van der Waals surface area contributed by atoms with E-state index in [-0.39, 0.29) is 5.91 Å². The number of para-hydroxylation sites is 1. The average molecular weight is 348 g/mol. The predicted octanol–water partition coefficient (Wildman–Crippen LogP) is 3.49. The molecule has 4 rings (SSSR count). The van der Waals surface area contributed by atoms with Crippen LogP contribution in [0.2, 0.25) is 0 Å². The summed E-state index contributed by atoms with van der Waals surface area (Å²) in [5, 5.41) is 3.46. The number of amides is 1. The van der Waals surface area contributed by atoms with Crippen molar-refractivity contribution >= 4 is 12.0 Å². The van der Waals surface area contributed by atoms with Crippen molar-refractivity contribution in [3.05, 3.63) is 70.8 Å². The first kappa shape index (κ1) is 16.9. The molecule has 1 N–H and O–H groups in total. The molecule has 4 heteroatoms. The molecule has 0 radical (unpaired) electrons. The van der Waals surface area contributed by atoms with Gasteiger partial charge in [-0.25, -0.2) is 0 Å². The topological polar surface area (TPSA) is 41.6 Å². The van der Waals surface area contributed by atoms with Crippen LogP contribution >= 0.6 is 0 Å². The molecule has 0 aromatic heterocycles. The van der Waals surface area contributed by atoms with E-state index in [1.807, 2.05) is 41.3 Å². The van der Waals surface area contributed by atoms with E-state index < -0.39 is 0 Å². The van der Waals surface area contributed by atoms with E-state index in [1.54, 1.807) is 0 Å². The summed E-state index contributed by atoms with van der Waals surface area (Å²) < 4.78 is 5.79. The summed E-state index contributed by atoms with van der Waals surface area (Å²) in [5.74, 6) is 1.11. The number of nitrogens with zero attached hydrogens (tertiary/aromatic N) is 1. The molecule has 0 saturated carbocycles. The monoisotopic (exact) mass is 348 g/mol. The number of ether oxygens (including phenoxy) is 1. The van der Waals surface area contributed by atoms with Gasteiger partial charge in [-0.1, -0.05) is 30.3 Å². The Morgan fingerprint density at radius 1 is 1.04 bits per heavy atom. The van der Waals surface area contributed by atoms with E-state index in [1.165, 1.54) is 5.57 Å². The Morgan fingerprint density at radius 3 is 2.77 bits per heavy atom. The summed E-state index contributed by atoms with van der Waals surface area (Å²) in [6, 6.07) is 16.0. The fraction of sp³-hybridized carbons (Fsp3) is 0.318. The van der Waals surface area contributed by atoms with Crippen LogP contribution in [-0.2, 0) is 6.54 Å². The SMILES string of the molecule is O=C(c1cccc(CNCC2=Cc3ccccc3OC2)c1)N1CCCC1. The third-order valence-corrected chi connectivity index (χ3v) is 4.94. The van der Waals surface area contributed by atoms with Gasteiger partial charge < -0.3 is 15.0 Å². The van der Waals surface area contributed by atoms with Crippen LogP contribution in [-0.4, -0.2) is 37.0 Å². The summed E-state index contributed by atoms with van der Waals surface area (Å²) in [6.07, 6.45) is 4.43. The second kappa shape index (κ2) is 7.75. The van der Waals surface area contributed by atoms with E-state index in [4.69, 9.17) is 4.74 Å². The Bertz CT molecular complexity index is 822. The van der Waals surface area contributed by atoms with Crippen LogP contribution < -0.4 is 10.1 Å². The normalized spacial score (nSPS) is 16.0. The zero-order chi connectivity index (χ0) is 17.8. The molecule has 1 fully saturated rings.